The fourth-order valence-electron chi connectivity index (χ4n) is 3.59. The topological polar surface area (TPSA) is 109 Å². The van der Waals surface area contributed by atoms with E-state index in [0.717, 1.165) is 10.8 Å². The SMILES string of the molecule is CCC(NC(=O)c1cn(-c2ncc(F)cc2F)c2nc(N3CCNC3=O)ccc2c1=O)C(F)(F)F. The molecule has 1 saturated heterocycles. The van der Waals surface area contributed by atoms with Crippen LogP contribution in [-0.2, 0) is 0 Å². The van der Waals surface area contributed by atoms with E-state index < -0.39 is 59.0 Å². The van der Waals surface area contributed by atoms with Gasteiger partial charge in [0.05, 0.1) is 11.6 Å². The number of hydrogen-bond donors (Lipinski definition) is 2. The predicted molar refractivity (Wildman–Crippen MR) is 113 cm³/mol. The number of aromatic nitrogens is 3. The maximum Gasteiger partial charge on any atom is 0.408 e. The lowest BCUT2D eigenvalue weighted by Gasteiger charge is -2.20. The van der Waals surface area contributed by atoms with Crippen molar-refractivity contribution < 1.29 is 31.5 Å². The second kappa shape index (κ2) is 8.92. The summed E-state index contributed by atoms with van der Waals surface area (Å²) in [5.41, 5.74) is -1.96. The average molecular weight is 496 g/mol. The molecule has 0 spiro atoms. The first-order valence-corrected chi connectivity index (χ1v) is 10.3. The molecule has 14 heteroatoms. The Kier molecular flexibility index (Phi) is 6.13. The summed E-state index contributed by atoms with van der Waals surface area (Å²) in [6.07, 6.45) is -3.80. The van der Waals surface area contributed by atoms with Crippen molar-refractivity contribution in [2.45, 2.75) is 25.6 Å². The van der Waals surface area contributed by atoms with Crippen LogP contribution < -0.4 is 21.0 Å². The van der Waals surface area contributed by atoms with Gasteiger partial charge in [0.1, 0.15) is 23.2 Å². The van der Waals surface area contributed by atoms with Crippen molar-refractivity contribution >= 4 is 28.8 Å². The fourth-order valence-corrected chi connectivity index (χ4v) is 3.59. The van der Waals surface area contributed by atoms with Gasteiger partial charge in [0.15, 0.2) is 17.3 Å². The van der Waals surface area contributed by atoms with E-state index in [4.69, 9.17) is 0 Å². The number of hydrogen-bond acceptors (Lipinski definition) is 5. The molecule has 3 aromatic rings. The molecule has 4 heterocycles. The highest BCUT2D eigenvalue weighted by atomic mass is 19.4. The molecule has 1 unspecified atom stereocenters. The summed E-state index contributed by atoms with van der Waals surface area (Å²) >= 11 is 0. The molecule has 0 aromatic carbocycles. The Morgan fingerprint density at radius 3 is 2.60 bits per heavy atom. The van der Waals surface area contributed by atoms with E-state index in [1.165, 1.54) is 24.0 Å². The van der Waals surface area contributed by atoms with Gasteiger partial charge in [-0.1, -0.05) is 6.92 Å². The Morgan fingerprint density at radius 2 is 2.00 bits per heavy atom. The summed E-state index contributed by atoms with van der Waals surface area (Å²) in [4.78, 5) is 46.9. The van der Waals surface area contributed by atoms with Gasteiger partial charge in [-0.3, -0.25) is 19.1 Å². The molecule has 4 rings (SSSR count). The van der Waals surface area contributed by atoms with Crippen LogP contribution in [0.2, 0.25) is 0 Å². The Morgan fingerprint density at radius 1 is 1.26 bits per heavy atom. The lowest BCUT2D eigenvalue weighted by molar-refractivity contribution is -0.153. The summed E-state index contributed by atoms with van der Waals surface area (Å²) in [5, 5.41) is 4.07. The van der Waals surface area contributed by atoms with E-state index >= 15 is 0 Å². The summed E-state index contributed by atoms with van der Waals surface area (Å²) in [6, 6.07) is 0.320. The zero-order valence-corrected chi connectivity index (χ0v) is 18.0. The van der Waals surface area contributed by atoms with E-state index in [1.54, 1.807) is 5.32 Å². The minimum Gasteiger partial charge on any atom is -0.340 e. The lowest BCUT2D eigenvalue weighted by atomic mass is 10.1. The molecule has 0 aliphatic carbocycles. The van der Waals surface area contributed by atoms with Crippen molar-refractivity contribution in [3.63, 3.8) is 0 Å². The van der Waals surface area contributed by atoms with E-state index in [1.807, 2.05) is 0 Å². The number of carbonyl (C=O) groups is 2. The van der Waals surface area contributed by atoms with Crippen LogP contribution in [0, 0.1) is 11.6 Å². The van der Waals surface area contributed by atoms with Gasteiger partial charge in [0, 0.05) is 25.4 Å². The highest BCUT2D eigenvalue weighted by molar-refractivity contribution is 5.98. The monoisotopic (exact) mass is 496 g/mol. The van der Waals surface area contributed by atoms with Crippen LogP contribution in [0.5, 0.6) is 0 Å². The zero-order chi connectivity index (χ0) is 25.5. The molecule has 9 nitrogen and oxygen atoms in total. The largest absolute Gasteiger partial charge is 0.408 e. The first kappa shape index (κ1) is 24.0. The number of amides is 3. The number of alkyl halides is 3. The molecule has 0 bridgehead atoms. The van der Waals surface area contributed by atoms with Gasteiger partial charge < -0.3 is 10.6 Å². The van der Waals surface area contributed by atoms with E-state index in [0.29, 0.717) is 18.8 Å². The summed E-state index contributed by atoms with van der Waals surface area (Å²) < 4.78 is 68.4. The second-order valence-corrected chi connectivity index (χ2v) is 7.60. The van der Waals surface area contributed by atoms with Gasteiger partial charge in [-0.25, -0.2) is 23.5 Å². The molecule has 1 aliphatic heterocycles. The van der Waals surface area contributed by atoms with E-state index in [2.05, 4.69) is 15.3 Å². The first-order chi connectivity index (χ1) is 16.5. The molecule has 0 radical (unpaired) electrons. The van der Waals surface area contributed by atoms with Crippen molar-refractivity contribution in [2.75, 3.05) is 18.0 Å². The maximum absolute atomic E-state index is 14.6. The van der Waals surface area contributed by atoms with Crippen LogP contribution in [0.4, 0.5) is 32.6 Å². The summed E-state index contributed by atoms with van der Waals surface area (Å²) in [6.45, 7) is 1.78. The third kappa shape index (κ3) is 4.50. The Balaban J connectivity index is 1.93. The van der Waals surface area contributed by atoms with Gasteiger partial charge >= 0.3 is 12.2 Å². The molecule has 184 valence electrons. The average Bonchev–Trinajstić information content (AvgIpc) is 3.23. The molecular weight excluding hydrogens is 479 g/mol. The smallest absolute Gasteiger partial charge is 0.340 e. The van der Waals surface area contributed by atoms with E-state index in [9.17, 15) is 36.3 Å². The fraction of sp³-hybridized carbons (Fsp3) is 0.286. The normalized spacial score (nSPS) is 14.8. The number of rotatable bonds is 5. The third-order valence-corrected chi connectivity index (χ3v) is 5.34. The third-order valence-electron chi connectivity index (χ3n) is 5.34. The van der Waals surface area contributed by atoms with Gasteiger partial charge in [0.25, 0.3) is 5.91 Å². The lowest BCUT2D eigenvalue weighted by Crippen LogP contribution is -2.46. The minimum absolute atomic E-state index is 0.0866. The van der Waals surface area contributed by atoms with Crippen molar-refractivity contribution in [1.29, 1.82) is 0 Å². The number of nitrogens with one attached hydrogen (secondary N) is 2. The zero-order valence-electron chi connectivity index (χ0n) is 18.0. The molecule has 2 N–H and O–H groups in total. The molecule has 1 fully saturated rings. The van der Waals surface area contributed by atoms with Gasteiger partial charge in [-0.15, -0.1) is 0 Å². The second-order valence-electron chi connectivity index (χ2n) is 7.60. The van der Waals surface area contributed by atoms with Crippen LogP contribution in [-0.4, -0.2) is 51.8 Å². The summed E-state index contributed by atoms with van der Waals surface area (Å²) in [7, 11) is 0. The molecular formula is C21H17F5N6O3. The van der Waals surface area contributed by atoms with Crippen LogP contribution in [0.1, 0.15) is 23.7 Å². The van der Waals surface area contributed by atoms with Crippen LogP contribution in [0.25, 0.3) is 16.9 Å². The van der Waals surface area contributed by atoms with Crippen LogP contribution >= 0.6 is 0 Å². The quantitative estimate of drug-likeness (QED) is 0.528. The molecule has 0 saturated carbocycles. The first-order valence-electron chi connectivity index (χ1n) is 10.3. The standard InChI is InChI=1S/C21H17F5N6O3/c1-2-14(21(24,25)26)29-19(34)12-9-32(18-13(23)7-10(22)8-28-18)17-11(16(12)33)3-4-15(30-17)31-6-5-27-20(31)35/h3-4,7-9,14H,2,5-6H2,1H3,(H,27,35)(H,29,34). The van der Waals surface area contributed by atoms with E-state index in [-0.39, 0.29) is 23.4 Å². The Labute approximate surface area is 193 Å². The van der Waals surface area contributed by atoms with Crippen LogP contribution in [0.15, 0.2) is 35.4 Å². The Hall–Kier alpha value is -4.10. The summed E-state index contributed by atoms with van der Waals surface area (Å²) in [5.74, 6) is -4.02. The number of anilines is 1. The van der Waals surface area contributed by atoms with Gasteiger partial charge in [-0.2, -0.15) is 13.2 Å². The Bertz CT molecular complexity index is 1390. The van der Waals surface area contributed by atoms with Gasteiger partial charge in [0.2, 0.25) is 5.43 Å². The maximum atomic E-state index is 14.6. The molecule has 1 aliphatic rings. The van der Waals surface area contributed by atoms with Crippen LogP contribution in [0.3, 0.4) is 0 Å². The number of carbonyl (C=O) groups excluding carboxylic acids is 2. The molecule has 35 heavy (non-hydrogen) atoms. The van der Waals surface area contributed by atoms with Gasteiger partial charge in [-0.05, 0) is 18.6 Å². The number of halogens is 5. The molecule has 3 amide bonds. The van der Waals surface area contributed by atoms with Crippen molar-refractivity contribution in [3.8, 4) is 5.82 Å². The number of pyridine rings is 3. The number of nitrogens with zero attached hydrogens (tertiary/aromatic N) is 4. The van der Waals surface area contributed by atoms with Crippen molar-refractivity contribution in [2.24, 2.45) is 0 Å². The highest BCUT2D eigenvalue weighted by Crippen LogP contribution is 2.24. The number of urea groups is 1. The molecule has 1 atom stereocenters. The van der Waals surface area contributed by atoms with Crippen molar-refractivity contribution in [3.05, 3.63) is 58.0 Å². The molecule has 3 aromatic heterocycles. The predicted octanol–water partition coefficient (Wildman–Crippen LogP) is 2.66. The number of fused-ring (bicyclic) bond motifs is 1. The highest BCUT2D eigenvalue weighted by Gasteiger charge is 2.39. The van der Waals surface area contributed by atoms with Crippen molar-refractivity contribution in [1.82, 2.24) is 25.2 Å². The minimum atomic E-state index is -4.77.